The first kappa shape index (κ1) is 25.4. The van der Waals surface area contributed by atoms with Gasteiger partial charge in [-0.25, -0.2) is 9.18 Å². The number of carbonyl (C=O) groups is 1. The second kappa shape index (κ2) is 11.4. The van der Waals surface area contributed by atoms with Gasteiger partial charge in [0, 0.05) is 18.5 Å². The average molecular weight is 518 g/mol. The molecule has 0 amide bonds. The zero-order chi connectivity index (χ0) is 26.5. The molecule has 2 aliphatic rings. The fourth-order valence-electron chi connectivity index (χ4n) is 4.82. The first-order valence-electron chi connectivity index (χ1n) is 12.4. The number of benzene rings is 4. The van der Waals surface area contributed by atoms with Crippen molar-refractivity contribution in [1.82, 2.24) is 5.32 Å². The van der Waals surface area contributed by atoms with Gasteiger partial charge in [0.25, 0.3) is 0 Å². The van der Waals surface area contributed by atoms with E-state index in [9.17, 15) is 14.3 Å². The third kappa shape index (κ3) is 5.81. The molecular weight excluding hydrogens is 489 g/mol. The molecule has 38 heavy (non-hydrogen) atoms. The highest BCUT2D eigenvalue weighted by atomic mass is 19.1. The van der Waals surface area contributed by atoms with Crippen LogP contribution in [0.25, 0.3) is 10.8 Å². The Balaban J connectivity index is 0.000000179. The number of phenols is 1. The minimum absolute atomic E-state index is 0.0660. The number of carboxylic acid groups (broad SMARTS) is 1. The normalized spacial score (nSPS) is 17.9. The number of hydrogen-bond acceptors (Lipinski definition) is 6. The molecule has 4 aromatic carbocycles. The smallest absolute Gasteiger partial charge is 0.339 e. The van der Waals surface area contributed by atoms with Crippen molar-refractivity contribution in [2.75, 3.05) is 26.5 Å². The summed E-state index contributed by atoms with van der Waals surface area (Å²) in [7, 11) is 0. The van der Waals surface area contributed by atoms with Crippen LogP contribution >= 0.6 is 0 Å². The zero-order valence-electron chi connectivity index (χ0n) is 20.6. The van der Waals surface area contributed by atoms with Crippen LogP contribution in [0.1, 0.15) is 28.3 Å². The Morgan fingerprint density at radius 1 is 0.974 bits per heavy atom. The monoisotopic (exact) mass is 517 g/mol. The number of halogens is 1. The number of carboxylic acids is 1. The van der Waals surface area contributed by atoms with Gasteiger partial charge in [-0.3, -0.25) is 0 Å². The summed E-state index contributed by atoms with van der Waals surface area (Å²) in [5.74, 6) is 1.47. The second-order valence-corrected chi connectivity index (χ2v) is 9.26. The van der Waals surface area contributed by atoms with E-state index in [4.69, 9.17) is 19.3 Å². The number of fused-ring (bicyclic) bond motifs is 2. The van der Waals surface area contributed by atoms with Gasteiger partial charge in [0.1, 0.15) is 22.9 Å². The molecule has 1 saturated heterocycles. The van der Waals surface area contributed by atoms with E-state index >= 15 is 0 Å². The highest BCUT2D eigenvalue weighted by molar-refractivity contribution is 5.97. The quantitative estimate of drug-likeness (QED) is 0.318. The maximum Gasteiger partial charge on any atom is 0.339 e. The van der Waals surface area contributed by atoms with E-state index in [1.807, 2.05) is 48.5 Å². The van der Waals surface area contributed by atoms with Crippen molar-refractivity contribution in [2.24, 2.45) is 5.92 Å². The van der Waals surface area contributed by atoms with Crippen molar-refractivity contribution < 1.29 is 33.6 Å². The number of rotatable bonds is 5. The van der Waals surface area contributed by atoms with E-state index in [1.54, 1.807) is 6.07 Å². The second-order valence-electron chi connectivity index (χ2n) is 9.26. The molecule has 0 aromatic heterocycles. The fraction of sp³-hybridized carbons (Fsp3) is 0.233. The van der Waals surface area contributed by atoms with Gasteiger partial charge < -0.3 is 29.7 Å². The van der Waals surface area contributed by atoms with Crippen LogP contribution in [0, 0.1) is 11.7 Å². The molecule has 0 bridgehead atoms. The largest absolute Gasteiger partial charge is 0.507 e. The SMILES string of the molecule is Fc1ccc([C@@H]2CCNC[C@H]2COc2ccc3c(c2)OCO3)cc1.O=C(O)c1cc2ccccc2cc1O. The average Bonchev–Trinajstić information content (AvgIpc) is 3.40. The predicted octanol–water partition coefficient (Wildman–Crippen LogP) is 5.57. The molecule has 2 atom stereocenters. The van der Waals surface area contributed by atoms with Gasteiger partial charge in [-0.15, -0.1) is 0 Å². The zero-order valence-corrected chi connectivity index (χ0v) is 20.6. The van der Waals surface area contributed by atoms with E-state index in [2.05, 4.69) is 5.32 Å². The van der Waals surface area contributed by atoms with Crippen LogP contribution in [0.4, 0.5) is 4.39 Å². The standard InChI is InChI=1S/C19H20FNO3.C11H8O3/c20-15-3-1-13(2-4-15)17-7-8-21-10-14(17)11-22-16-5-6-18-19(9-16)24-12-23-18;12-10-6-8-4-2-1-3-7(8)5-9(10)11(13)14/h1-6,9,14,17,21H,7-8,10-12H2;1-6,12H,(H,13,14)/t14-,17-;/m0./s1. The van der Waals surface area contributed by atoms with E-state index in [-0.39, 0.29) is 23.9 Å². The molecule has 2 heterocycles. The Kier molecular flexibility index (Phi) is 7.60. The summed E-state index contributed by atoms with van der Waals surface area (Å²) in [4.78, 5) is 10.7. The van der Waals surface area contributed by atoms with Crippen LogP contribution in [0.5, 0.6) is 23.0 Å². The lowest BCUT2D eigenvalue weighted by Gasteiger charge is -2.32. The summed E-state index contributed by atoms with van der Waals surface area (Å²) < 4.78 is 29.9. The van der Waals surface area contributed by atoms with Crippen LogP contribution in [0.3, 0.4) is 0 Å². The summed E-state index contributed by atoms with van der Waals surface area (Å²) in [5.41, 5.74) is 1.11. The Hall–Kier alpha value is -4.30. The van der Waals surface area contributed by atoms with Crippen molar-refractivity contribution in [3.8, 4) is 23.0 Å². The molecule has 196 valence electrons. The lowest BCUT2D eigenvalue weighted by molar-refractivity contribution is 0.0694. The molecule has 6 rings (SSSR count). The predicted molar refractivity (Wildman–Crippen MR) is 141 cm³/mol. The fourth-order valence-corrected chi connectivity index (χ4v) is 4.82. The molecule has 1 fully saturated rings. The summed E-state index contributed by atoms with van der Waals surface area (Å²) in [6.45, 7) is 2.74. The summed E-state index contributed by atoms with van der Waals surface area (Å²) in [6.07, 6.45) is 1.03. The number of aromatic hydroxyl groups is 1. The molecule has 4 aromatic rings. The Labute approximate surface area is 219 Å². The molecule has 8 heteroatoms. The van der Waals surface area contributed by atoms with E-state index in [0.29, 0.717) is 18.4 Å². The maximum absolute atomic E-state index is 13.2. The lowest BCUT2D eigenvalue weighted by Crippen LogP contribution is -2.38. The van der Waals surface area contributed by atoms with E-state index in [1.165, 1.54) is 29.8 Å². The molecule has 0 spiro atoms. The van der Waals surface area contributed by atoms with Gasteiger partial charge in [-0.2, -0.15) is 0 Å². The van der Waals surface area contributed by atoms with Crippen LogP contribution in [-0.2, 0) is 0 Å². The maximum atomic E-state index is 13.2. The summed E-state index contributed by atoms with van der Waals surface area (Å²) in [5, 5.41) is 23.2. The number of nitrogens with one attached hydrogen (secondary N) is 1. The van der Waals surface area contributed by atoms with Crippen LogP contribution in [-0.4, -0.2) is 42.7 Å². The van der Waals surface area contributed by atoms with Crippen molar-refractivity contribution in [3.05, 3.63) is 95.8 Å². The molecule has 7 nitrogen and oxygen atoms in total. The topological polar surface area (TPSA) is 97.2 Å². The van der Waals surface area contributed by atoms with Gasteiger partial charge in [0.15, 0.2) is 11.5 Å². The third-order valence-corrected chi connectivity index (χ3v) is 6.81. The van der Waals surface area contributed by atoms with E-state index < -0.39 is 5.97 Å². The number of aromatic carboxylic acids is 1. The first-order valence-corrected chi connectivity index (χ1v) is 12.4. The van der Waals surface area contributed by atoms with Crippen LogP contribution in [0.15, 0.2) is 78.9 Å². The Morgan fingerprint density at radius 3 is 2.47 bits per heavy atom. The Morgan fingerprint density at radius 2 is 1.71 bits per heavy atom. The molecule has 2 aliphatic heterocycles. The highest BCUT2D eigenvalue weighted by Gasteiger charge is 2.27. The summed E-state index contributed by atoms with van der Waals surface area (Å²) >= 11 is 0. The molecule has 0 unspecified atom stereocenters. The molecular formula is C30H28FNO6. The molecule has 3 N–H and O–H groups in total. The Bertz CT molecular complexity index is 1420. The van der Waals surface area contributed by atoms with Gasteiger partial charge in [0.05, 0.1) is 6.61 Å². The minimum Gasteiger partial charge on any atom is -0.507 e. The van der Waals surface area contributed by atoms with Crippen LogP contribution in [0.2, 0.25) is 0 Å². The van der Waals surface area contributed by atoms with Crippen molar-refractivity contribution in [1.29, 1.82) is 0 Å². The molecule has 0 radical (unpaired) electrons. The molecule has 0 aliphatic carbocycles. The lowest BCUT2D eigenvalue weighted by atomic mass is 9.81. The number of ether oxygens (including phenoxy) is 3. The highest BCUT2D eigenvalue weighted by Crippen LogP contribution is 2.36. The van der Waals surface area contributed by atoms with Crippen molar-refractivity contribution in [2.45, 2.75) is 12.3 Å². The van der Waals surface area contributed by atoms with Gasteiger partial charge >= 0.3 is 5.97 Å². The molecule has 0 saturated carbocycles. The van der Waals surface area contributed by atoms with E-state index in [0.717, 1.165) is 47.5 Å². The number of piperidine rings is 1. The van der Waals surface area contributed by atoms with Gasteiger partial charge in [-0.1, -0.05) is 36.4 Å². The van der Waals surface area contributed by atoms with Gasteiger partial charge in [0.2, 0.25) is 6.79 Å². The van der Waals surface area contributed by atoms with Crippen molar-refractivity contribution in [3.63, 3.8) is 0 Å². The summed E-state index contributed by atoms with van der Waals surface area (Å²) in [6, 6.07) is 22.7. The van der Waals surface area contributed by atoms with Gasteiger partial charge in [-0.05, 0) is 71.6 Å². The minimum atomic E-state index is -1.12. The third-order valence-electron chi connectivity index (χ3n) is 6.81. The van der Waals surface area contributed by atoms with Crippen LogP contribution < -0.4 is 19.5 Å². The number of hydrogen-bond donors (Lipinski definition) is 3. The first-order chi connectivity index (χ1) is 18.5. The van der Waals surface area contributed by atoms with Crippen molar-refractivity contribution >= 4 is 16.7 Å².